The number of aromatic nitrogens is 1. The molecule has 0 aliphatic rings. The topological polar surface area (TPSA) is 30.0 Å². The molecule has 0 saturated carbocycles. The second kappa shape index (κ2) is 7.34. The van der Waals surface area contributed by atoms with Crippen molar-refractivity contribution < 1.29 is 4.79 Å². The Morgan fingerprint density at radius 3 is 2.40 bits per heavy atom. The van der Waals surface area contributed by atoms with E-state index in [-0.39, 0.29) is 10.6 Å². The summed E-state index contributed by atoms with van der Waals surface area (Å²) >= 11 is 3.47. The summed E-state index contributed by atoms with van der Waals surface area (Å²) in [6.07, 6.45) is 6.85. The third kappa shape index (κ3) is 3.76. The van der Waals surface area contributed by atoms with Crippen LogP contribution in [0, 0.1) is 0 Å². The molecule has 0 saturated heterocycles. The van der Waals surface area contributed by atoms with Gasteiger partial charge >= 0.3 is 0 Å². The Hall–Kier alpha value is -1.48. The maximum atomic E-state index is 12.4. The summed E-state index contributed by atoms with van der Waals surface area (Å²) in [7, 11) is 0. The van der Waals surface area contributed by atoms with Gasteiger partial charge in [0.25, 0.3) is 0 Å². The molecular formula is C17H18BrNO. The summed E-state index contributed by atoms with van der Waals surface area (Å²) < 4.78 is 0. The van der Waals surface area contributed by atoms with Gasteiger partial charge in [-0.1, -0.05) is 53.5 Å². The minimum absolute atomic E-state index is 0.0817. The lowest BCUT2D eigenvalue weighted by atomic mass is 10.0. The van der Waals surface area contributed by atoms with E-state index in [1.54, 1.807) is 12.4 Å². The highest BCUT2D eigenvalue weighted by Crippen LogP contribution is 2.26. The number of aryl methyl sites for hydroxylation is 1. The van der Waals surface area contributed by atoms with E-state index in [4.69, 9.17) is 0 Å². The molecular weight excluding hydrogens is 314 g/mol. The molecule has 2 nitrogen and oxygen atoms in total. The summed E-state index contributed by atoms with van der Waals surface area (Å²) in [6.45, 7) is 2.18. The van der Waals surface area contributed by atoms with Crippen molar-refractivity contribution in [2.24, 2.45) is 0 Å². The molecule has 0 aliphatic carbocycles. The summed E-state index contributed by atoms with van der Waals surface area (Å²) in [4.78, 5) is 16.1. The molecule has 0 radical (unpaired) electrons. The summed E-state index contributed by atoms with van der Waals surface area (Å²) in [5.41, 5.74) is 2.96. The van der Waals surface area contributed by atoms with Crippen LogP contribution in [0.5, 0.6) is 0 Å². The van der Waals surface area contributed by atoms with Crippen LogP contribution in [0.4, 0.5) is 0 Å². The van der Waals surface area contributed by atoms with Crippen molar-refractivity contribution in [2.45, 2.75) is 31.0 Å². The van der Waals surface area contributed by atoms with Crippen molar-refractivity contribution in [3.05, 3.63) is 65.5 Å². The molecule has 0 aliphatic heterocycles. The lowest BCUT2D eigenvalue weighted by molar-refractivity contribution is 0.0991. The highest BCUT2D eigenvalue weighted by Gasteiger charge is 2.18. The van der Waals surface area contributed by atoms with E-state index in [0.29, 0.717) is 0 Å². The van der Waals surface area contributed by atoms with Gasteiger partial charge in [0.1, 0.15) is 4.83 Å². The maximum absolute atomic E-state index is 12.4. The number of Topliss-reactive ketones (excluding diaryl/α,β-unsaturated/α-hetero) is 1. The van der Waals surface area contributed by atoms with E-state index in [1.807, 2.05) is 24.3 Å². The van der Waals surface area contributed by atoms with Crippen LogP contribution in [-0.4, -0.2) is 10.8 Å². The van der Waals surface area contributed by atoms with Gasteiger partial charge in [0.15, 0.2) is 5.78 Å². The number of rotatable bonds is 6. The third-order valence-corrected chi connectivity index (χ3v) is 4.23. The number of hydrogen-bond donors (Lipinski definition) is 0. The van der Waals surface area contributed by atoms with Gasteiger partial charge in [-0.15, -0.1) is 0 Å². The zero-order valence-electron chi connectivity index (χ0n) is 11.6. The molecule has 0 bridgehead atoms. The van der Waals surface area contributed by atoms with Crippen LogP contribution in [0.25, 0.3) is 0 Å². The number of ketones is 1. The van der Waals surface area contributed by atoms with Crippen LogP contribution in [0.1, 0.15) is 46.1 Å². The Labute approximate surface area is 128 Å². The Bertz CT molecular complexity index is 551. The Morgan fingerprint density at radius 2 is 1.80 bits per heavy atom. The number of carbonyl (C=O) groups is 1. The fourth-order valence-corrected chi connectivity index (χ4v) is 2.62. The number of unbranched alkanes of at least 4 members (excludes halogenated alkanes) is 1. The molecule has 2 rings (SSSR count). The van der Waals surface area contributed by atoms with E-state index in [2.05, 4.69) is 40.0 Å². The number of nitrogens with zero attached hydrogens (tertiary/aromatic N) is 1. The highest BCUT2D eigenvalue weighted by molar-refractivity contribution is 9.09. The minimum atomic E-state index is -0.313. The predicted molar refractivity (Wildman–Crippen MR) is 85.3 cm³/mol. The quantitative estimate of drug-likeness (QED) is 0.565. The van der Waals surface area contributed by atoms with Crippen molar-refractivity contribution in [3.8, 4) is 0 Å². The molecule has 20 heavy (non-hydrogen) atoms. The number of carbonyl (C=O) groups excluding carboxylic acids is 1. The first kappa shape index (κ1) is 14.9. The number of halogens is 1. The van der Waals surface area contributed by atoms with Gasteiger partial charge in [0.05, 0.1) is 0 Å². The van der Waals surface area contributed by atoms with E-state index in [1.165, 1.54) is 18.4 Å². The average Bonchev–Trinajstić information content (AvgIpc) is 2.53. The molecule has 1 heterocycles. The van der Waals surface area contributed by atoms with Crippen LogP contribution in [0.15, 0.2) is 48.8 Å². The molecule has 0 N–H and O–H groups in total. The second-order valence-corrected chi connectivity index (χ2v) is 5.72. The first-order chi connectivity index (χ1) is 9.72. The summed E-state index contributed by atoms with van der Waals surface area (Å²) in [6, 6.07) is 11.6. The maximum Gasteiger partial charge on any atom is 0.180 e. The van der Waals surface area contributed by atoms with E-state index in [0.717, 1.165) is 17.5 Å². The fraction of sp³-hybridized carbons (Fsp3) is 0.294. The number of pyridine rings is 1. The van der Waals surface area contributed by atoms with Crippen molar-refractivity contribution in [1.29, 1.82) is 0 Å². The normalized spacial score (nSPS) is 12.1. The number of alkyl halides is 1. The van der Waals surface area contributed by atoms with Crippen LogP contribution in [-0.2, 0) is 6.42 Å². The van der Waals surface area contributed by atoms with Gasteiger partial charge in [0.2, 0.25) is 0 Å². The van der Waals surface area contributed by atoms with Crippen molar-refractivity contribution >= 4 is 21.7 Å². The second-order valence-electron chi connectivity index (χ2n) is 4.81. The molecule has 1 aromatic carbocycles. The number of benzene rings is 1. The van der Waals surface area contributed by atoms with E-state index in [9.17, 15) is 4.79 Å². The zero-order valence-corrected chi connectivity index (χ0v) is 13.1. The lowest BCUT2D eigenvalue weighted by Gasteiger charge is -2.09. The van der Waals surface area contributed by atoms with Crippen LogP contribution in [0.2, 0.25) is 0 Å². The molecule has 1 unspecified atom stereocenters. The van der Waals surface area contributed by atoms with Gasteiger partial charge in [0, 0.05) is 18.0 Å². The largest absolute Gasteiger partial charge is 0.293 e. The van der Waals surface area contributed by atoms with Crippen LogP contribution in [0.3, 0.4) is 0 Å². The monoisotopic (exact) mass is 331 g/mol. The Kier molecular flexibility index (Phi) is 5.48. The zero-order chi connectivity index (χ0) is 14.4. The van der Waals surface area contributed by atoms with Gasteiger partial charge in [-0.2, -0.15) is 0 Å². The first-order valence-electron chi connectivity index (χ1n) is 6.89. The highest BCUT2D eigenvalue weighted by atomic mass is 79.9. The molecule has 3 heteroatoms. The SMILES string of the molecule is CCCCc1ccc(C(=O)C(Br)c2ccncc2)cc1. The van der Waals surface area contributed by atoms with Gasteiger partial charge in [-0.25, -0.2) is 0 Å². The van der Waals surface area contributed by atoms with Crippen molar-refractivity contribution in [3.63, 3.8) is 0 Å². The summed E-state index contributed by atoms with van der Waals surface area (Å²) in [5, 5.41) is 0. The average molecular weight is 332 g/mol. The van der Waals surface area contributed by atoms with Crippen molar-refractivity contribution in [2.75, 3.05) is 0 Å². The molecule has 0 amide bonds. The molecule has 104 valence electrons. The lowest BCUT2D eigenvalue weighted by Crippen LogP contribution is -2.07. The Balaban J connectivity index is 2.09. The predicted octanol–water partition coefficient (Wildman–Crippen LogP) is 4.74. The molecule has 0 spiro atoms. The van der Waals surface area contributed by atoms with E-state index < -0.39 is 0 Å². The van der Waals surface area contributed by atoms with Gasteiger partial charge < -0.3 is 0 Å². The molecule has 1 atom stereocenters. The van der Waals surface area contributed by atoms with Crippen LogP contribution < -0.4 is 0 Å². The first-order valence-corrected chi connectivity index (χ1v) is 7.81. The summed E-state index contributed by atoms with van der Waals surface area (Å²) in [5.74, 6) is 0.0817. The molecule has 2 aromatic rings. The van der Waals surface area contributed by atoms with E-state index >= 15 is 0 Å². The Morgan fingerprint density at radius 1 is 1.15 bits per heavy atom. The van der Waals surface area contributed by atoms with Crippen LogP contribution >= 0.6 is 15.9 Å². The molecule has 1 aromatic heterocycles. The minimum Gasteiger partial charge on any atom is -0.293 e. The number of hydrogen-bond acceptors (Lipinski definition) is 2. The van der Waals surface area contributed by atoms with Gasteiger partial charge in [-0.3, -0.25) is 9.78 Å². The third-order valence-electron chi connectivity index (χ3n) is 3.29. The fourth-order valence-electron chi connectivity index (χ4n) is 2.05. The smallest absolute Gasteiger partial charge is 0.180 e. The standard InChI is InChI=1S/C17H18BrNO/c1-2-3-4-13-5-7-15(8-6-13)17(20)16(18)14-9-11-19-12-10-14/h5-12,16H,2-4H2,1H3. The van der Waals surface area contributed by atoms with Gasteiger partial charge in [-0.05, 0) is 36.1 Å². The van der Waals surface area contributed by atoms with Crippen molar-refractivity contribution in [1.82, 2.24) is 4.98 Å². The molecule has 0 fully saturated rings.